The lowest BCUT2D eigenvalue weighted by atomic mass is 9.97. The van der Waals surface area contributed by atoms with Crippen LogP contribution in [0.2, 0.25) is 0 Å². The molecule has 0 amide bonds. The maximum Gasteiger partial charge on any atom is 0.123 e. The van der Waals surface area contributed by atoms with E-state index in [0.29, 0.717) is 18.2 Å². The number of aliphatic hydroxyl groups is 1. The van der Waals surface area contributed by atoms with E-state index < -0.39 is 0 Å². The molecule has 2 rings (SSSR count). The van der Waals surface area contributed by atoms with Gasteiger partial charge in [0.1, 0.15) is 10.8 Å². The van der Waals surface area contributed by atoms with Crippen LogP contribution >= 0.6 is 12.2 Å². The first-order chi connectivity index (χ1) is 9.61. The van der Waals surface area contributed by atoms with Crippen LogP contribution in [0.4, 0.5) is 4.39 Å². The Hall–Kier alpha value is -1.04. The van der Waals surface area contributed by atoms with Crippen molar-refractivity contribution in [3.63, 3.8) is 0 Å². The van der Waals surface area contributed by atoms with Gasteiger partial charge in [-0.15, -0.1) is 0 Å². The van der Waals surface area contributed by atoms with Gasteiger partial charge < -0.3 is 10.8 Å². The quantitative estimate of drug-likeness (QED) is 0.818. The summed E-state index contributed by atoms with van der Waals surface area (Å²) in [6.07, 6.45) is 4.24. The number of piperidine rings is 1. The second kappa shape index (κ2) is 7.11. The SMILES string of the molecule is NC(=S)c1cc(F)ccc1CN1CCCCC1CCO. The van der Waals surface area contributed by atoms with E-state index in [1.807, 2.05) is 0 Å². The number of nitrogens with zero attached hydrogens (tertiary/aromatic N) is 1. The van der Waals surface area contributed by atoms with E-state index in [2.05, 4.69) is 4.90 Å². The molecule has 1 aromatic rings. The van der Waals surface area contributed by atoms with E-state index in [4.69, 9.17) is 23.1 Å². The Labute approximate surface area is 124 Å². The predicted molar refractivity (Wildman–Crippen MR) is 82.0 cm³/mol. The Bertz CT molecular complexity index is 479. The number of halogens is 1. The minimum atomic E-state index is -0.317. The van der Waals surface area contributed by atoms with Crippen molar-refractivity contribution in [3.8, 4) is 0 Å². The van der Waals surface area contributed by atoms with Crippen molar-refractivity contribution >= 4 is 17.2 Å². The zero-order valence-corrected chi connectivity index (χ0v) is 12.3. The van der Waals surface area contributed by atoms with Crippen LogP contribution in [0.15, 0.2) is 18.2 Å². The van der Waals surface area contributed by atoms with Crippen molar-refractivity contribution in [1.82, 2.24) is 4.90 Å². The van der Waals surface area contributed by atoms with Crippen molar-refractivity contribution in [3.05, 3.63) is 35.1 Å². The average molecular weight is 296 g/mol. The van der Waals surface area contributed by atoms with Gasteiger partial charge in [-0.2, -0.15) is 0 Å². The average Bonchev–Trinajstić information content (AvgIpc) is 2.43. The molecule has 0 aromatic heterocycles. The molecular weight excluding hydrogens is 275 g/mol. The molecule has 5 heteroatoms. The van der Waals surface area contributed by atoms with E-state index >= 15 is 0 Å². The molecule has 1 aromatic carbocycles. The van der Waals surface area contributed by atoms with Crippen LogP contribution in [-0.4, -0.2) is 34.2 Å². The van der Waals surface area contributed by atoms with Gasteiger partial charge in [0.2, 0.25) is 0 Å². The summed E-state index contributed by atoms with van der Waals surface area (Å²) in [5, 5.41) is 9.16. The third-order valence-corrected chi connectivity index (χ3v) is 4.14. The molecule has 0 saturated carbocycles. The summed E-state index contributed by atoms with van der Waals surface area (Å²) in [5.41, 5.74) is 7.27. The number of thiocarbonyl (C=S) groups is 1. The predicted octanol–water partition coefficient (Wildman–Crippen LogP) is 2.20. The van der Waals surface area contributed by atoms with Crippen molar-refractivity contribution in [2.24, 2.45) is 5.73 Å². The van der Waals surface area contributed by atoms with Gasteiger partial charge in [0.25, 0.3) is 0 Å². The van der Waals surface area contributed by atoms with Crippen LogP contribution < -0.4 is 5.73 Å². The Morgan fingerprint density at radius 1 is 1.45 bits per heavy atom. The highest BCUT2D eigenvalue weighted by Gasteiger charge is 2.23. The lowest BCUT2D eigenvalue weighted by Gasteiger charge is -2.36. The highest BCUT2D eigenvalue weighted by atomic mass is 32.1. The Morgan fingerprint density at radius 3 is 2.95 bits per heavy atom. The number of hydrogen-bond donors (Lipinski definition) is 2. The maximum atomic E-state index is 13.3. The van der Waals surface area contributed by atoms with Crippen LogP contribution in [0, 0.1) is 5.82 Å². The monoisotopic (exact) mass is 296 g/mol. The number of likely N-dealkylation sites (tertiary alicyclic amines) is 1. The number of benzene rings is 1. The van der Waals surface area contributed by atoms with Gasteiger partial charge >= 0.3 is 0 Å². The summed E-state index contributed by atoms with van der Waals surface area (Å²) in [6, 6.07) is 5.00. The maximum absolute atomic E-state index is 13.3. The lowest BCUT2D eigenvalue weighted by molar-refractivity contribution is 0.112. The fourth-order valence-corrected chi connectivity index (χ4v) is 3.07. The summed E-state index contributed by atoms with van der Waals surface area (Å²) >= 11 is 5.01. The molecular formula is C15H21FN2OS. The zero-order chi connectivity index (χ0) is 14.5. The smallest absolute Gasteiger partial charge is 0.123 e. The number of aliphatic hydroxyl groups excluding tert-OH is 1. The Balaban J connectivity index is 2.17. The van der Waals surface area contributed by atoms with E-state index in [1.165, 1.54) is 18.6 Å². The summed E-state index contributed by atoms with van der Waals surface area (Å²) in [4.78, 5) is 2.57. The first-order valence-electron chi connectivity index (χ1n) is 7.05. The van der Waals surface area contributed by atoms with Gasteiger partial charge in [0, 0.05) is 24.8 Å². The molecule has 1 heterocycles. The Kier molecular flexibility index (Phi) is 5.46. The summed E-state index contributed by atoms with van der Waals surface area (Å²) in [7, 11) is 0. The van der Waals surface area contributed by atoms with E-state index in [0.717, 1.165) is 31.4 Å². The molecule has 1 saturated heterocycles. The van der Waals surface area contributed by atoms with Gasteiger partial charge in [-0.3, -0.25) is 4.90 Å². The van der Waals surface area contributed by atoms with Crippen LogP contribution in [0.3, 0.4) is 0 Å². The molecule has 20 heavy (non-hydrogen) atoms. The van der Waals surface area contributed by atoms with E-state index in [-0.39, 0.29) is 17.4 Å². The highest BCUT2D eigenvalue weighted by Crippen LogP contribution is 2.23. The number of hydrogen-bond acceptors (Lipinski definition) is 3. The van der Waals surface area contributed by atoms with E-state index in [9.17, 15) is 4.39 Å². The molecule has 0 bridgehead atoms. The standard InChI is InChI=1S/C15H21FN2OS/c16-12-5-4-11(14(9-12)15(17)20)10-18-7-2-1-3-13(18)6-8-19/h4-5,9,13,19H,1-3,6-8,10H2,(H2,17,20). The lowest BCUT2D eigenvalue weighted by Crippen LogP contribution is -2.39. The van der Waals surface area contributed by atoms with Crippen LogP contribution in [-0.2, 0) is 6.54 Å². The second-order valence-corrected chi connectivity index (χ2v) is 5.74. The molecule has 0 spiro atoms. The zero-order valence-electron chi connectivity index (χ0n) is 11.5. The minimum Gasteiger partial charge on any atom is -0.396 e. The number of rotatable bonds is 5. The van der Waals surface area contributed by atoms with Crippen molar-refractivity contribution in [1.29, 1.82) is 0 Å². The first-order valence-corrected chi connectivity index (χ1v) is 7.45. The minimum absolute atomic E-state index is 0.201. The number of nitrogens with two attached hydrogens (primary N) is 1. The van der Waals surface area contributed by atoms with Crippen LogP contribution in [0.1, 0.15) is 36.8 Å². The molecule has 1 atom stereocenters. The fourth-order valence-electron chi connectivity index (χ4n) is 2.88. The molecule has 1 unspecified atom stereocenters. The van der Waals surface area contributed by atoms with Crippen molar-refractivity contribution in [2.75, 3.05) is 13.2 Å². The normalized spacial score (nSPS) is 20.0. The third-order valence-electron chi connectivity index (χ3n) is 3.92. The highest BCUT2D eigenvalue weighted by molar-refractivity contribution is 7.80. The van der Waals surface area contributed by atoms with Gasteiger partial charge in [0.15, 0.2) is 0 Å². The van der Waals surface area contributed by atoms with Crippen molar-refractivity contribution < 1.29 is 9.50 Å². The third kappa shape index (κ3) is 3.75. The van der Waals surface area contributed by atoms with Gasteiger partial charge in [-0.1, -0.05) is 24.7 Å². The molecule has 0 aliphatic carbocycles. The molecule has 1 aliphatic rings. The topological polar surface area (TPSA) is 49.5 Å². The van der Waals surface area contributed by atoms with E-state index in [1.54, 1.807) is 6.07 Å². The van der Waals surface area contributed by atoms with Crippen LogP contribution in [0.25, 0.3) is 0 Å². The van der Waals surface area contributed by atoms with Gasteiger partial charge in [0.05, 0.1) is 0 Å². The van der Waals surface area contributed by atoms with Gasteiger partial charge in [-0.25, -0.2) is 4.39 Å². The van der Waals surface area contributed by atoms with Crippen molar-refractivity contribution in [2.45, 2.75) is 38.3 Å². The summed E-state index contributed by atoms with van der Waals surface area (Å²) in [5.74, 6) is -0.317. The largest absolute Gasteiger partial charge is 0.396 e. The van der Waals surface area contributed by atoms with Crippen LogP contribution in [0.5, 0.6) is 0 Å². The molecule has 3 N–H and O–H groups in total. The molecule has 1 fully saturated rings. The summed E-state index contributed by atoms with van der Waals surface area (Å²) in [6.45, 7) is 1.91. The summed E-state index contributed by atoms with van der Waals surface area (Å²) < 4.78 is 13.3. The molecule has 0 radical (unpaired) electrons. The van der Waals surface area contributed by atoms with Gasteiger partial charge in [-0.05, 0) is 43.5 Å². The molecule has 1 aliphatic heterocycles. The molecule has 3 nitrogen and oxygen atoms in total. The second-order valence-electron chi connectivity index (χ2n) is 5.30. The Morgan fingerprint density at radius 2 is 2.25 bits per heavy atom. The first kappa shape index (κ1) is 15.4. The fraction of sp³-hybridized carbons (Fsp3) is 0.533. The molecule has 110 valence electrons.